The molecule has 0 saturated heterocycles. The Morgan fingerprint density at radius 3 is 2.13 bits per heavy atom. The fourth-order valence-electron chi connectivity index (χ4n) is 2.44. The lowest BCUT2D eigenvalue weighted by atomic mass is 10.1. The van der Waals surface area contributed by atoms with Gasteiger partial charge in [-0.15, -0.1) is 10.2 Å². The number of unbranched alkanes of at least 4 members (excludes halogenated alkanes) is 3. The summed E-state index contributed by atoms with van der Waals surface area (Å²) in [5.74, 6) is -0.607. The van der Waals surface area contributed by atoms with E-state index in [4.69, 9.17) is 32.5 Å². The first kappa shape index (κ1) is 28.7. The molecule has 0 saturated carbocycles. The monoisotopic (exact) mass is 444 g/mol. The topological polar surface area (TPSA) is 221 Å². The van der Waals surface area contributed by atoms with Gasteiger partial charge in [-0.2, -0.15) is 0 Å². The molecule has 0 aliphatic rings. The number of amides is 2. The molecule has 180 valence electrons. The van der Waals surface area contributed by atoms with Crippen LogP contribution in [0.1, 0.15) is 76.1 Å². The number of carboxylic acid groups (broad SMARTS) is 1. The predicted octanol–water partition coefficient (Wildman–Crippen LogP) is 0.325. The van der Waals surface area contributed by atoms with Crippen LogP contribution in [0.2, 0.25) is 0 Å². The zero-order chi connectivity index (χ0) is 23.5. The fraction of sp³-hybridized carbons (Fsp3) is 0.789. The van der Waals surface area contributed by atoms with Gasteiger partial charge in [-0.05, 0) is 58.2 Å². The highest BCUT2D eigenvalue weighted by Gasteiger charge is 2.20. The number of aliphatic carboxylic acids is 1. The molecule has 1 aromatic rings. The molecule has 1 unspecified atom stereocenters. The molecule has 11 N–H and O–H groups in total. The average molecular weight is 445 g/mol. The van der Waals surface area contributed by atoms with Crippen LogP contribution in [-0.2, 0) is 11.3 Å². The maximum atomic E-state index is 11.8. The molecule has 0 aliphatic carbocycles. The molecule has 1 aromatic heterocycles. The number of carbonyl (C=O) groups excluding carboxylic acids is 1. The second-order valence-corrected chi connectivity index (χ2v) is 7.07. The van der Waals surface area contributed by atoms with Crippen molar-refractivity contribution in [2.45, 2.75) is 76.9 Å². The van der Waals surface area contributed by atoms with Crippen LogP contribution in [0.5, 0.6) is 0 Å². The molecule has 1 heterocycles. The number of hydrogen-bond donors (Lipinski definition) is 7. The van der Waals surface area contributed by atoms with Crippen molar-refractivity contribution >= 4 is 12.0 Å². The zero-order valence-electron chi connectivity index (χ0n) is 18.5. The summed E-state index contributed by atoms with van der Waals surface area (Å²) >= 11 is 0. The lowest BCUT2D eigenvalue weighted by Gasteiger charge is -2.14. The molecule has 2 amide bonds. The highest BCUT2D eigenvalue weighted by atomic mass is 16.4. The highest BCUT2D eigenvalue weighted by molar-refractivity contribution is 5.82. The van der Waals surface area contributed by atoms with E-state index in [2.05, 4.69) is 27.8 Å². The van der Waals surface area contributed by atoms with E-state index in [1.807, 2.05) is 0 Å². The summed E-state index contributed by atoms with van der Waals surface area (Å²) in [6.07, 6.45) is 6.41. The van der Waals surface area contributed by atoms with Crippen LogP contribution in [-0.4, -0.2) is 53.0 Å². The van der Waals surface area contributed by atoms with Crippen molar-refractivity contribution in [3.63, 3.8) is 0 Å². The summed E-state index contributed by atoms with van der Waals surface area (Å²) in [6, 6.07) is -1.98. The van der Waals surface area contributed by atoms with Crippen LogP contribution in [0, 0.1) is 0 Å². The molecule has 1 rings (SSSR count). The first-order valence-corrected chi connectivity index (χ1v) is 10.8. The van der Waals surface area contributed by atoms with Gasteiger partial charge in [0.2, 0.25) is 11.8 Å². The maximum Gasteiger partial charge on any atom is 0.326 e. The van der Waals surface area contributed by atoms with Crippen molar-refractivity contribution in [1.29, 1.82) is 0 Å². The Balaban J connectivity index is 0.00000161. The Labute approximate surface area is 183 Å². The molecule has 0 fully saturated rings. The van der Waals surface area contributed by atoms with Crippen molar-refractivity contribution in [1.82, 2.24) is 20.8 Å². The van der Waals surface area contributed by atoms with E-state index in [9.17, 15) is 9.59 Å². The number of nitrogens with zero attached hydrogens (tertiary/aromatic N) is 2. The number of hydrogen-bond acceptors (Lipinski definition) is 9. The van der Waals surface area contributed by atoms with E-state index in [0.717, 1.165) is 19.4 Å². The normalized spacial score (nSPS) is 12.4. The van der Waals surface area contributed by atoms with Gasteiger partial charge in [0, 0.05) is 0 Å². The molecule has 12 nitrogen and oxygen atoms in total. The first-order chi connectivity index (χ1) is 14.9. The number of carboxylic acids is 1. The SMILES string of the molecule is CCCCN.NCCCCC(N)c1nnc(CNC(=O)N[C@@H](CCCCN)C(=O)O)o1. The van der Waals surface area contributed by atoms with E-state index < -0.39 is 18.0 Å². The number of carbonyl (C=O) groups is 2. The third-order valence-corrected chi connectivity index (χ3v) is 4.28. The van der Waals surface area contributed by atoms with Gasteiger partial charge in [-0.3, -0.25) is 0 Å². The quantitative estimate of drug-likeness (QED) is 0.183. The maximum absolute atomic E-state index is 11.8. The van der Waals surface area contributed by atoms with Gasteiger partial charge in [0.25, 0.3) is 0 Å². The van der Waals surface area contributed by atoms with Crippen molar-refractivity contribution in [3.05, 3.63) is 11.8 Å². The van der Waals surface area contributed by atoms with Crippen LogP contribution in [0.3, 0.4) is 0 Å². The Hall–Kier alpha value is -2.28. The van der Waals surface area contributed by atoms with Gasteiger partial charge in [0.15, 0.2) is 0 Å². The molecule has 0 spiro atoms. The number of urea groups is 1. The van der Waals surface area contributed by atoms with Gasteiger partial charge >= 0.3 is 12.0 Å². The van der Waals surface area contributed by atoms with Crippen molar-refractivity contribution < 1.29 is 19.1 Å². The van der Waals surface area contributed by atoms with E-state index in [-0.39, 0.29) is 18.5 Å². The molecule has 0 bridgehead atoms. The third-order valence-electron chi connectivity index (χ3n) is 4.28. The summed E-state index contributed by atoms with van der Waals surface area (Å²) in [6.45, 7) is 4.03. The summed E-state index contributed by atoms with van der Waals surface area (Å²) in [5, 5.41) is 21.7. The summed E-state index contributed by atoms with van der Waals surface area (Å²) in [5.41, 5.74) is 21.9. The average Bonchev–Trinajstić information content (AvgIpc) is 3.22. The van der Waals surface area contributed by atoms with Gasteiger partial charge in [0.1, 0.15) is 6.04 Å². The van der Waals surface area contributed by atoms with Gasteiger partial charge in [-0.1, -0.05) is 19.8 Å². The minimum absolute atomic E-state index is 0.0243. The Bertz CT molecular complexity index is 597. The zero-order valence-corrected chi connectivity index (χ0v) is 18.5. The lowest BCUT2D eigenvalue weighted by Crippen LogP contribution is -2.45. The molecule has 0 aromatic carbocycles. The minimum atomic E-state index is -1.10. The number of nitrogens with one attached hydrogen (secondary N) is 2. The van der Waals surface area contributed by atoms with Crippen LogP contribution in [0.4, 0.5) is 4.79 Å². The molecular formula is C19H40N8O4. The fourth-order valence-corrected chi connectivity index (χ4v) is 2.44. The second kappa shape index (κ2) is 18.5. The number of nitrogens with two attached hydrogens (primary N) is 4. The Morgan fingerprint density at radius 1 is 1.00 bits per heavy atom. The van der Waals surface area contributed by atoms with E-state index in [1.165, 1.54) is 12.8 Å². The summed E-state index contributed by atoms with van der Waals surface area (Å²) < 4.78 is 5.41. The Kier molecular flexibility index (Phi) is 17.1. The predicted molar refractivity (Wildman–Crippen MR) is 118 cm³/mol. The number of aromatic nitrogens is 2. The Morgan fingerprint density at radius 2 is 1.61 bits per heavy atom. The minimum Gasteiger partial charge on any atom is -0.480 e. The molecule has 0 radical (unpaired) electrons. The largest absolute Gasteiger partial charge is 0.480 e. The smallest absolute Gasteiger partial charge is 0.326 e. The standard InChI is InChI=1S/C15H29N7O4.C4H11N/c16-7-3-1-5-10(18)13-22-21-12(26-13)9-19-15(25)20-11(14(23)24)6-2-4-8-17;1-2-3-4-5/h10-11H,1-9,16-18H2,(H,23,24)(H2,19,20,25);2-5H2,1H3/t10?,11-;/m0./s1. The molecule has 31 heavy (non-hydrogen) atoms. The summed E-state index contributed by atoms with van der Waals surface area (Å²) in [4.78, 5) is 23.0. The molecule has 0 aliphatic heterocycles. The van der Waals surface area contributed by atoms with Crippen LogP contribution >= 0.6 is 0 Å². The van der Waals surface area contributed by atoms with Crippen LogP contribution in [0.15, 0.2) is 4.42 Å². The van der Waals surface area contributed by atoms with E-state index in [1.54, 1.807) is 0 Å². The third kappa shape index (κ3) is 14.4. The van der Waals surface area contributed by atoms with Gasteiger partial charge in [-0.25, -0.2) is 9.59 Å². The second-order valence-electron chi connectivity index (χ2n) is 7.07. The first-order valence-electron chi connectivity index (χ1n) is 10.8. The number of rotatable bonds is 15. The molecule has 2 atom stereocenters. The summed E-state index contributed by atoms with van der Waals surface area (Å²) in [7, 11) is 0. The lowest BCUT2D eigenvalue weighted by molar-refractivity contribution is -0.139. The van der Waals surface area contributed by atoms with E-state index >= 15 is 0 Å². The molecule has 12 heteroatoms. The van der Waals surface area contributed by atoms with E-state index in [0.29, 0.717) is 44.7 Å². The van der Waals surface area contributed by atoms with Crippen LogP contribution < -0.4 is 33.6 Å². The van der Waals surface area contributed by atoms with Gasteiger partial charge in [0.05, 0.1) is 12.6 Å². The van der Waals surface area contributed by atoms with Crippen LogP contribution in [0.25, 0.3) is 0 Å². The van der Waals surface area contributed by atoms with Crippen molar-refractivity contribution in [2.24, 2.45) is 22.9 Å². The molecular weight excluding hydrogens is 404 g/mol. The van der Waals surface area contributed by atoms with Crippen molar-refractivity contribution in [2.75, 3.05) is 19.6 Å². The van der Waals surface area contributed by atoms with Gasteiger partial charge < -0.3 is 43.1 Å². The van der Waals surface area contributed by atoms with Crippen molar-refractivity contribution in [3.8, 4) is 0 Å². The highest BCUT2D eigenvalue weighted by Crippen LogP contribution is 2.15.